The van der Waals surface area contributed by atoms with Crippen LogP contribution in [0.25, 0.3) is 10.8 Å². The molecule has 3 aromatic rings. The molecule has 0 aliphatic carbocycles. The van der Waals surface area contributed by atoms with Crippen LogP contribution in [0.3, 0.4) is 0 Å². The van der Waals surface area contributed by atoms with Crippen LogP contribution in [0.5, 0.6) is 11.5 Å². The Bertz CT molecular complexity index is 987. The zero-order chi connectivity index (χ0) is 19.8. The first-order chi connectivity index (χ1) is 13.7. The van der Waals surface area contributed by atoms with Crippen LogP contribution in [0.1, 0.15) is 48.5 Å². The zero-order valence-electron chi connectivity index (χ0n) is 16.0. The fraction of sp³-hybridized carbons (Fsp3) is 0.250. The van der Waals surface area contributed by atoms with Gasteiger partial charge in [0.2, 0.25) is 0 Å². The molecule has 0 bridgehead atoms. The number of unbranched alkanes of at least 4 members (excludes halogenated alkanes) is 3. The Balaban J connectivity index is 1.59. The molecule has 0 radical (unpaired) electrons. The first kappa shape index (κ1) is 19.4. The molecular formula is C24H23NO3. The third-order valence-corrected chi connectivity index (χ3v) is 4.51. The molecule has 0 aliphatic heterocycles. The smallest absolute Gasteiger partial charge is 0.343 e. The van der Waals surface area contributed by atoms with E-state index in [1.165, 1.54) is 19.3 Å². The van der Waals surface area contributed by atoms with Crippen molar-refractivity contribution in [2.75, 3.05) is 6.61 Å². The summed E-state index contributed by atoms with van der Waals surface area (Å²) in [7, 11) is 0. The summed E-state index contributed by atoms with van der Waals surface area (Å²) in [5.41, 5.74) is 1.07. The van der Waals surface area contributed by atoms with Crippen LogP contribution >= 0.6 is 0 Å². The van der Waals surface area contributed by atoms with E-state index in [2.05, 4.69) is 13.0 Å². The first-order valence-electron chi connectivity index (χ1n) is 9.58. The molecule has 28 heavy (non-hydrogen) atoms. The average Bonchev–Trinajstić information content (AvgIpc) is 2.73. The van der Waals surface area contributed by atoms with E-state index < -0.39 is 5.97 Å². The highest BCUT2D eigenvalue weighted by Crippen LogP contribution is 2.23. The van der Waals surface area contributed by atoms with Gasteiger partial charge in [-0.05, 0) is 65.7 Å². The van der Waals surface area contributed by atoms with Crippen molar-refractivity contribution in [3.8, 4) is 17.6 Å². The number of esters is 1. The second-order valence-electron chi connectivity index (χ2n) is 6.66. The molecular weight excluding hydrogens is 350 g/mol. The maximum Gasteiger partial charge on any atom is 0.343 e. The second-order valence-corrected chi connectivity index (χ2v) is 6.66. The predicted octanol–water partition coefficient (Wildman–Crippen LogP) is 5.89. The molecule has 0 N–H and O–H groups in total. The monoisotopic (exact) mass is 373 g/mol. The topological polar surface area (TPSA) is 59.3 Å². The molecule has 0 aliphatic rings. The quantitative estimate of drug-likeness (QED) is 0.281. The van der Waals surface area contributed by atoms with Gasteiger partial charge in [-0.15, -0.1) is 0 Å². The molecule has 0 saturated heterocycles. The summed E-state index contributed by atoms with van der Waals surface area (Å²) in [4.78, 5) is 12.4. The van der Waals surface area contributed by atoms with Gasteiger partial charge in [0.1, 0.15) is 11.5 Å². The SMILES string of the molecule is CCCCCCOc1ccc(C(=O)Oc2ccc3cc(C#N)ccc3c2)cc1. The normalized spacial score (nSPS) is 10.4. The van der Waals surface area contributed by atoms with Crippen LogP contribution < -0.4 is 9.47 Å². The third-order valence-electron chi connectivity index (χ3n) is 4.51. The Hall–Kier alpha value is -3.32. The standard InChI is InChI=1S/C24H23NO3/c1-2-3-4-5-14-27-22-11-8-19(9-12-22)24(26)28-23-13-10-20-15-18(17-25)6-7-21(20)16-23/h6-13,15-16H,2-5,14H2,1H3. The maximum absolute atomic E-state index is 12.4. The number of nitriles is 1. The molecule has 0 fully saturated rings. The molecule has 0 unspecified atom stereocenters. The van der Waals surface area contributed by atoms with Crippen LogP contribution in [0.4, 0.5) is 0 Å². The Morgan fingerprint density at radius 3 is 2.36 bits per heavy atom. The number of benzene rings is 3. The van der Waals surface area contributed by atoms with Crippen molar-refractivity contribution < 1.29 is 14.3 Å². The number of carbonyl (C=O) groups is 1. The Morgan fingerprint density at radius 1 is 0.893 bits per heavy atom. The lowest BCUT2D eigenvalue weighted by atomic mass is 10.1. The van der Waals surface area contributed by atoms with Gasteiger partial charge in [0, 0.05) is 0 Å². The molecule has 4 heteroatoms. The molecule has 0 saturated carbocycles. The lowest BCUT2D eigenvalue weighted by molar-refractivity contribution is 0.0735. The van der Waals surface area contributed by atoms with Gasteiger partial charge in [0.25, 0.3) is 0 Å². The lowest BCUT2D eigenvalue weighted by Gasteiger charge is -2.08. The van der Waals surface area contributed by atoms with Gasteiger partial charge in [-0.1, -0.05) is 38.3 Å². The lowest BCUT2D eigenvalue weighted by Crippen LogP contribution is -2.08. The van der Waals surface area contributed by atoms with E-state index in [9.17, 15) is 4.79 Å². The minimum atomic E-state index is -0.414. The summed E-state index contributed by atoms with van der Waals surface area (Å²) < 4.78 is 11.2. The molecule has 4 nitrogen and oxygen atoms in total. The molecule has 0 aromatic heterocycles. The molecule has 0 heterocycles. The van der Waals surface area contributed by atoms with E-state index in [1.54, 1.807) is 42.5 Å². The predicted molar refractivity (Wildman–Crippen MR) is 110 cm³/mol. The van der Waals surface area contributed by atoms with Crippen LogP contribution in [-0.4, -0.2) is 12.6 Å². The van der Waals surface area contributed by atoms with Gasteiger partial charge >= 0.3 is 5.97 Å². The van der Waals surface area contributed by atoms with E-state index in [0.717, 1.165) is 22.9 Å². The molecule has 0 spiro atoms. The number of ether oxygens (including phenoxy) is 2. The highest BCUT2D eigenvalue weighted by Gasteiger charge is 2.09. The largest absolute Gasteiger partial charge is 0.494 e. The van der Waals surface area contributed by atoms with Gasteiger partial charge in [-0.2, -0.15) is 5.26 Å². The van der Waals surface area contributed by atoms with Crippen LogP contribution in [-0.2, 0) is 0 Å². The van der Waals surface area contributed by atoms with E-state index in [4.69, 9.17) is 14.7 Å². The molecule has 142 valence electrons. The molecule has 3 aromatic carbocycles. The van der Waals surface area contributed by atoms with Crippen LogP contribution in [0.2, 0.25) is 0 Å². The summed E-state index contributed by atoms with van der Waals surface area (Å²) in [6.45, 7) is 2.87. The number of rotatable bonds is 8. The fourth-order valence-electron chi connectivity index (χ4n) is 2.93. The Kier molecular flexibility index (Phi) is 6.64. The first-order valence-corrected chi connectivity index (χ1v) is 9.58. The van der Waals surface area contributed by atoms with E-state index >= 15 is 0 Å². The number of nitrogens with zero attached hydrogens (tertiary/aromatic N) is 1. The molecule has 3 rings (SSSR count). The molecule has 0 atom stereocenters. The van der Waals surface area contributed by atoms with Gasteiger partial charge < -0.3 is 9.47 Å². The van der Waals surface area contributed by atoms with E-state index in [1.807, 2.05) is 18.2 Å². The van der Waals surface area contributed by atoms with Crippen LogP contribution in [0, 0.1) is 11.3 Å². The van der Waals surface area contributed by atoms with Crippen molar-refractivity contribution in [3.05, 3.63) is 71.8 Å². The summed E-state index contributed by atoms with van der Waals surface area (Å²) in [6, 6.07) is 19.9. The molecule has 0 amide bonds. The van der Waals surface area contributed by atoms with Gasteiger partial charge in [0.05, 0.1) is 23.8 Å². The maximum atomic E-state index is 12.4. The zero-order valence-corrected chi connectivity index (χ0v) is 16.0. The fourth-order valence-corrected chi connectivity index (χ4v) is 2.93. The van der Waals surface area contributed by atoms with Crippen molar-refractivity contribution in [1.82, 2.24) is 0 Å². The number of carbonyl (C=O) groups excluding carboxylic acids is 1. The highest BCUT2D eigenvalue weighted by atomic mass is 16.5. The van der Waals surface area contributed by atoms with Crippen molar-refractivity contribution in [2.45, 2.75) is 32.6 Å². The van der Waals surface area contributed by atoms with Gasteiger partial charge in [-0.3, -0.25) is 0 Å². The van der Waals surface area contributed by atoms with E-state index in [-0.39, 0.29) is 0 Å². The van der Waals surface area contributed by atoms with Crippen molar-refractivity contribution in [1.29, 1.82) is 5.26 Å². The second kappa shape index (κ2) is 9.57. The van der Waals surface area contributed by atoms with Gasteiger partial charge in [0.15, 0.2) is 0 Å². The summed E-state index contributed by atoms with van der Waals surface area (Å²) in [5.74, 6) is 0.813. The number of hydrogen-bond donors (Lipinski definition) is 0. The van der Waals surface area contributed by atoms with Crippen molar-refractivity contribution in [2.24, 2.45) is 0 Å². The van der Waals surface area contributed by atoms with E-state index in [0.29, 0.717) is 23.5 Å². The van der Waals surface area contributed by atoms with Crippen molar-refractivity contribution >= 4 is 16.7 Å². The minimum Gasteiger partial charge on any atom is -0.494 e. The van der Waals surface area contributed by atoms with Gasteiger partial charge in [-0.25, -0.2) is 4.79 Å². The summed E-state index contributed by atoms with van der Waals surface area (Å²) >= 11 is 0. The Morgan fingerprint density at radius 2 is 1.61 bits per heavy atom. The number of hydrogen-bond acceptors (Lipinski definition) is 4. The van der Waals surface area contributed by atoms with Crippen molar-refractivity contribution in [3.63, 3.8) is 0 Å². The Labute approximate surface area is 165 Å². The highest BCUT2D eigenvalue weighted by molar-refractivity contribution is 5.92. The number of fused-ring (bicyclic) bond motifs is 1. The average molecular weight is 373 g/mol. The minimum absolute atomic E-state index is 0.414. The summed E-state index contributed by atoms with van der Waals surface area (Å²) in [6.07, 6.45) is 4.64. The van der Waals surface area contributed by atoms with Crippen LogP contribution in [0.15, 0.2) is 60.7 Å². The summed E-state index contributed by atoms with van der Waals surface area (Å²) in [5, 5.41) is 10.8. The third kappa shape index (κ3) is 5.11.